The summed E-state index contributed by atoms with van der Waals surface area (Å²) in [5.41, 5.74) is 1.78. The Morgan fingerprint density at radius 1 is 1.18 bits per heavy atom. The molecule has 1 heterocycles. The zero-order valence-corrected chi connectivity index (χ0v) is 11.1. The molecule has 0 atom stereocenters. The van der Waals surface area contributed by atoms with Crippen LogP contribution in [0.5, 0.6) is 0 Å². The van der Waals surface area contributed by atoms with Crippen molar-refractivity contribution in [1.29, 1.82) is 0 Å². The molecule has 0 amide bonds. The van der Waals surface area contributed by atoms with Gasteiger partial charge in [-0.05, 0) is 38.8 Å². The maximum Gasteiger partial charge on any atom is 0.0166 e. The molecule has 0 aliphatic carbocycles. The summed E-state index contributed by atoms with van der Waals surface area (Å²) in [5, 5.41) is 3.49. The van der Waals surface area contributed by atoms with E-state index in [9.17, 15) is 0 Å². The molecule has 1 aliphatic heterocycles. The molecule has 2 heteroatoms. The summed E-state index contributed by atoms with van der Waals surface area (Å²) >= 11 is 0. The number of hydrogen-bond donors (Lipinski definition) is 1. The lowest BCUT2D eigenvalue weighted by molar-refractivity contribution is 0.130. The van der Waals surface area contributed by atoms with Crippen molar-refractivity contribution in [1.82, 2.24) is 10.2 Å². The Labute approximate surface area is 105 Å². The van der Waals surface area contributed by atoms with Crippen molar-refractivity contribution < 1.29 is 0 Å². The lowest BCUT2D eigenvalue weighted by Crippen LogP contribution is -2.45. The van der Waals surface area contributed by atoms with Crippen LogP contribution in [0, 0.1) is 0 Å². The van der Waals surface area contributed by atoms with Crippen LogP contribution < -0.4 is 5.32 Å². The quantitative estimate of drug-likeness (QED) is 0.860. The molecular weight excluding hydrogens is 208 g/mol. The Morgan fingerprint density at radius 3 is 2.71 bits per heavy atom. The van der Waals surface area contributed by atoms with E-state index < -0.39 is 0 Å². The van der Waals surface area contributed by atoms with E-state index in [0.29, 0.717) is 5.54 Å². The predicted octanol–water partition coefficient (Wildman–Crippen LogP) is 2.30. The first-order valence-corrected chi connectivity index (χ1v) is 6.68. The van der Waals surface area contributed by atoms with E-state index in [2.05, 4.69) is 54.4 Å². The van der Waals surface area contributed by atoms with Crippen molar-refractivity contribution >= 4 is 0 Å². The Hall–Kier alpha value is -0.860. The lowest BCUT2D eigenvalue weighted by atomic mass is 9.98. The molecule has 1 N–H and O–H groups in total. The second-order valence-corrected chi connectivity index (χ2v) is 5.54. The van der Waals surface area contributed by atoms with Gasteiger partial charge in [-0.1, -0.05) is 30.3 Å². The average molecular weight is 232 g/mol. The van der Waals surface area contributed by atoms with Gasteiger partial charge in [0.25, 0.3) is 0 Å². The molecule has 1 fully saturated rings. The van der Waals surface area contributed by atoms with E-state index in [1.807, 2.05) is 0 Å². The third-order valence-electron chi connectivity index (χ3n) is 3.84. The number of hydrogen-bond acceptors (Lipinski definition) is 2. The van der Waals surface area contributed by atoms with Crippen LogP contribution in [-0.4, -0.2) is 36.6 Å². The van der Waals surface area contributed by atoms with Gasteiger partial charge in [-0.15, -0.1) is 0 Å². The highest BCUT2D eigenvalue weighted by Gasteiger charge is 2.27. The maximum absolute atomic E-state index is 3.49. The molecule has 1 aromatic rings. The fraction of sp³-hybridized carbons (Fsp3) is 0.600. The summed E-state index contributed by atoms with van der Waals surface area (Å²) in [4.78, 5) is 2.62. The number of benzene rings is 1. The topological polar surface area (TPSA) is 15.3 Å². The van der Waals surface area contributed by atoms with Crippen molar-refractivity contribution in [2.45, 2.75) is 32.2 Å². The fourth-order valence-electron chi connectivity index (χ4n) is 2.52. The minimum Gasteiger partial charge on any atom is -0.315 e. The monoisotopic (exact) mass is 232 g/mol. The van der Waals surface area contributed by atoms with Gasteiger partial charge >= 0.3 is 0 Å². The van der Waals surface area contributed by atoms with Gasteiger partial charge in [0.1, 0.15) is 0 Å². The van der Waals surface area contributed by atoms with Gasteiger partial charge in [0.2, 0.25) is 0 Å². The number of nitrogens with zero attached hydrogens (tertiary/aromatic N) is 1. The fourth-order valence-corrected chi connectivity index (χ4v) is 2.52. The minimum absolute atomic E-state index is 0.332. The molecule has 0 saturated carbocycles. The van der Waals surface area contributed by atoms with Crippen LogP contribution in [0.1, 0.15) is 25.8 Å². The highest BCUT2D eigenvalue weighted by molar-refractivity contribution is 5.15. The average Bonchev–Trinajstić information content (AvgIpc) is 2.49. The van der Waals surface area contributed by atoms with Gasteiger partial charge in [0.05, 0.1) is 0 Å². The summed E-state index contributed by atoms with van der Waals surface area (Å²) in [6, 6.07) is 10.8. The molecule has 94 valence electrons. The molecule has 2 nitrogen and oxygen atoms in total. The number of rotatable bonds is 3. The van der Waals surface area contributed by atoms with Crippen molar-refractivity contribution in [3.8, 4) is 0 Å². The predicted molar refractivity (Wildman–Crippen MR) is 73.3 cm³/mol. The molecular formula is C15H24N2. The van der Waals surface area contributed by atoms with E-state index >= 15 is 0 Å². The van der Waals surface area contributed by atoms with Gasteiger partial charge in [0, 0.05) is 25.2 Å². The van der Waals surface area contributed by atoms with Gasteiger partial charge in [-0.25, -0.2) is 0 Å². The first kappa shape index (κ1) is 12.6. The molecule has 0 unspecified atom stereocenters. The highest BCUT2D eigenvalue weighted by Crippen LogP contribution is 2.20. The number of nitrogens with one attached hydrogen (secondary N) is 1. The largest absolute Gasteiger partial charge is 0.315 e. The van der Waals surface area contributed by atoms with E-state index in [-0.39, 0.29) is 0 Å². The lowest BCUT2D eigenvalue weighted by Gasteiger charge is -2.36. The molecule has 1 aromatic carbocycles. The van der Waals surface area contributed by atoms with Crippen molar-refractivity contribution in [2.24, 2.45) is 0 Å². The van der Waals surface area contributed by atoms with Crippen molar-refractivity contribution in [3.63, 3.8) is 0 Å². The molecule has 0 aromatic heterocycles. The van der Waals surface area contributed by atoms with E-state index in [1.54, 1.807) is 0 Å². The third kappa shape index (κ3) is 3.55. The van der Waals surface area contributed by atoms with Crippen LogP contribution in [0.4, 0.5) is 0 Å². The standard InChI is InChI=1S/C15H24N2/c1-15(2)9-10-16-11-13-17(15)12-8-14-6-4-3-5-7-14/h3-7,16H,8-13H2,1-2H3. The van der Waals surface area contributed by atoms with Crippen LogP contribution in [0.15, 0.2) is 30.3 Å². The van der Waals surface area contributed by atoms with Crippen LogP contribution in [0.25, 0.3) is 0 Å². The second-order valence-electron chi connectivity index (χ2n) is 5.54. The zero-order chi connectivity index (χ0) is 12.1. The van der Waals surface area contributed by atoms with Gasteiger partial charge in [-0.3, -0.25) is 4.90 Å². The molecule has 17 heavy (non-hydrogen) atoms. The van der Waals surface area contributed by atoms with Crippen LogP contribution in [0.2, 0.25) is 0 Å². The molecule has 0 radical (unpaired) electrons. The summed E-state index contributed by atoms with van der Waals surface area (Å²) < 4.78 is 0. The van der Waals surface area contributed by atoms with E-state index in [0.717, 1.165) is 19.5 Å². The van der Waals surface area contributed by atoms with E-state index in [4.69, 9.17) is 0 Å². The molecule has 0 spiro atoms. The molecule has 0 bridgehead atoms. The Morgan fingerprint density at radius 2 is 1.94 bits per heavy atom. The normalized spacial score (nSPS) is 21.1. The zero-order valence-electron chi connectivity index (χ0n) is 11.1. The summed E-state index contributed by atoms with van der Waals surface area (Å²) in [6.45, 7) is 9.33. The first-order chi connectivity index (χ1) is 8.18. The Balaban J connectivity index is 1.92. The van der Waals surface area contributed by atoms with Crippen molar-refractivity contribution in [3.05, 3.63) is 35.9 Å². The van der Waals surface area contributed by atoms with Crippen LogP contribution >= 0.6 is 0 Å². The summed E-state index contributed by atoms with van der Waals surface area (Å²) in [7, 11) is 0. The van der Waals surface area contributed by atoms with Gasteiger partial charge in [-0.2, -0.15) is 0 Å². The minimum atomic E-state index is 0.332. The second kappa shape index (κ2) is 5.65. The van der Waals surface area contributed by atoms with Crippen LogP contribution in [-0.2, 0) is 6.42 Å². The molecule has 2 rings (SSSR count). The maximum atomic E-state index is 3.49. The summed E-state index contributed by atoms with van der Waals surface area (Å²) in [5.74, 6) is 0. The molecule has 1 saturated heterocycles. The third-order valence-corrected chi connectivity index (χ3v) is 3.84. The smallest absolute Gasteiger partial charge is 0.0166 e. The molecule has 1 aliphatic rings. The summed E-state index contributed by atoms with van der Waals surface area (Å²) in [6.07, 6.45) is 2.39. The van der Waals surface area contributed by atoms with Gasteiger partial charge in [0.15, 0.2) is 0 Å². The van der Waals surface area contributed by atoms with Crippen LogP contribution in [0.3, 0.4) is 0 Å². The Bertz CT molecular complexity index is 332. The van der Waals surface area contributed by atoms with Gasteiger partial charge < -0.3 is 5.32 Å². The SMILES string of the molecule is CC1(C)CCNCCN1CCc1ccccc1. The van der Waals surface area contributed by atoms with E-state index in [1.165, 1.54) is 25.1 Å². The first-order valence-electron chi connectivity index (χ1n) is 6.68. The highest BCUT2D eigenvalue weighted by atomic mass is 15.2. The van der Waals surface area contributed by atoms with Crippen molar-refractivity contribution in [2.75, 3.05) is 26.2 Å². The Kier molecular flexibility index (Phi) is 4.19.